The highest BCUT2D eigenvalue weighted by molar-refractivity contribution is 7.86. The predicted octanol–water partition coefficient (Wildman–Crippen LogP) is 1.44. The molecule has 0 amide bonds. The summed E-state index contributed by atoms with van der Waals surface area (Å²) in [5.74, 6) is 0.761. The van der Waals surface area contributed by atoms with E-state index in [0.29, 0.717) is 6.61 Å². The third-order valence-corrected chi connectivity index (χ3v) is 2.78. The second-order valence-electron chi connectivity index (χ2n) is 3.50. The molecule has 0 aromatic heterocycles. The van der Waals surface area contributed by atoms with E-state index in [1.807, 2.05) is 30.3 Å². The van der Waals surface area contributed by atoms with Gasteiger partial charge in [-0.1, -0.05) is 18.2 Å². The minimum Gasteiger partial charge on any atom is -0.489 e. The Hall–Kier alpha value is -1.33. The van der Waals surface area contributed by atoms with Crippen molar-refractivity contribution in [2.45, 2.75) is 0 Å². The molecule has 0 saturated carbocycles. The van der Waals surface area contributed by atoms with Crippen LogP contribution in [-0.2, 0) is 14.3 Å². The maximum absolute atomic E-state index is 10.9. The van der Waals surface area contributed by atoms with E-state index < -0.39 is 10.1 Å². The Kier molecular flexibility index (Phi) is 2.98. The number of benzene rings is 1. The zero-order chi connectivity index (χ0) is 11.6. The molecule has 0 atom stereocenters. The fourth-order valence-electron chi connectivity index (χ4n) is 1.51. The lowest BCUT2D eigenvalue weighted by Gasteiger charge is -2.17. The van der Waals surface area contributed by atoms with Crippen LogP contribution in [0.5, 0.6) is 5.75 Å². The van der Waals surface area contributed by atoms with Gasteiger partial charge in [0.25, 0.3) is 10.1 Å². The third kappa shape index (κ3) is 2.62. The summed E-state index contributed by atoms with van der Waals surface area (Å²) >= 11 is 0. The van der Waals surface area contributed by atoms with Gasteiger partial charge in [0.15, 0.2) is 0 Å². The second kappa shape index (κ2) is 4.27. The van der Waals surface area contributed by atoms with Crippen molar-refractivity contribution < 1.29 is 17.3 Å². The maximum atomic E-state index is 10.9. The summed E-state index contributed by atoms with van der Waals surface area (Å²) in [7, 11) is -3.41. The van der Waals surface area contributed by atoms with Gasteiger partial charge in [-0.05, 0) is 17.7 Å². The summed E-state index contributed by atoms with van der Waals surface area (Å²) in [6.45, 7) is 0.499. The summed E-state index contributed by atoms with van der Waals surface area (Å²) < 4.78 is 32.0. The van der Waals surface area contributed by atoms with Crippen LogP contribution in [0.25, 0.3) is 5.57 Å². The van der Waals surface area contributed by atoms with E-state index in [9.17, 15) is 8.42 Å². The van der Waals surface area contributed by atoms with E-state index in [1.54, 1.807) is 0 Å². The highest BCUT2D eigenvalue weighted by Crippen LogP contribution is 2.29. The average molecular weight is 240 g/mol. The van der Waals surface area contributed by atoms with Gasteiger partial charge in [-0.2, -0.15) is 8.42 Å². The van der Waals surface area contributed by atoms with Crippen LogP contribution in [0.3, 0.4) is 0 Å². The van der Waals surface area contributed by atoms with E-state index in [1.165, 1.54) is 0 Å². The molecule has 16 heavy (non-hydrogen) atoms. The van der Waals surface area contributed by atoms with Crippen molar-refractivity contribution in [3.8, 4) is 5.75 Å². The lowest BCUT2D eigenvalue weighted by atomic mass is 10.0. The van der Waals surface area contributed by atoms with Gasteiger partial charge >= 0.3 is 0 Å². The summed E-state index contributed by atoms with van der Waals surface area (Å²) in [5, 5.41) is 0. The smallest absolute Gasteiger partial charge is 0.264 e. The molecule has 1 aliphatic rings. The largest absolute Gasteiger partial charge is 0.489 e. The number of para-hydroxylation sites is 1. The van der Waals surface area contributed by atoms with E-state index in [-0.39, 0.29) is 6.61 Å². The molecule has 86 valence electrons. The Morgan fingerprint density at radius 1 is 1.38 bits per heavy atom. The third-order valence-electron chi connectivity index (χ3n) is 2.23. The first-order valence-electron chi connectivity index (χ1n) is 4.82. The Bertz CT molecular complexity index is 517. The van der Waals surface area contributed by atoms with Gasteiger partial charge in [0.05, 0.1) is 12.9 Å². The number of ether oxygens (including phenoxy) is 1. The highest BCUT2D eigenvalue weighted by Gasteiger charge is 2.14. The Balaban J connectivity index is 2.20. The Labute approximate surface area is 94.6 Å². The minimum absolute atomic E-state index is 0.0548. The molecule has 0 unspecified atom stereocenters. The maximum Gasteiger partial charge on any atom is 0.264 e. The van der Waals surface area contributed by atoms with E-state index in [2.05, 4.69) is 0 Å². The topological polar surface area (TPSA) is 52.6 Å². The van der Waals surface area contributed by atoms with Crippen LogP contribution in [0.1, 0.15) is 5.56 Å². The molecule has 1 heterocycles. The van der Waals surface area contributed by atoms with E-state index in [4.69, 9.17) is 8.92 Å². The number of rotatable bonds is 3. The van der Waals surface area contributed by atoms with Gasteiger partial charge in [0, 0.05) is 5.56 Å². The fraction of sp³-hybridized carbons (Fsp3) is 0.273. The lowest BCUT2D eigenvalue weighted by Crippen LogP contribution is -2.11. The first-order valence-corrected chi connectivity index (χ1v) is 6.63. The predicted molar refractivity (Wildman–Crippen MR) is 60.7 cm³/mol. The first-order chi connectivity index (χ1) is 7.56. The van der Waals surface area contributed by atoms with Crippen molar-refractivity contribution in [3.05, 3.63) is 35.9 Å². The first kappa shape index (κ1) is 11.2. The van der Waals surface area contributed by atoms with Crippen LogP contribution < -0.4 is 4.74 Å². The summed E-state index contributed by atoms with van der Waals surface area (Å²) in [4.78, 5) is 0. The molecule has 0 radical (unpaired) electrons. The molecule has 0 spiro atoms. The monoisotopic (exact) mass is 240 g/mol. The van der Waals surface area contributed by atoms with Crippen molar-refractivity contribution in [1.29, 1.82) is 0 Å². The van der Waals surface area contributed by atoms with Crippen LogP contribution >= 0.6 is 0 Å². The van der Waals surface area contributed by atoms with E-state index in [0.717, 1.165) is 23.1 Å². The minimum atomic E-state index is -3.41. The van der Waals surface area contributed by atoms with Crippen molar-refractivity contribution in [2.75, 3.05) is 19.5 Å². The summed E-state index contributed by atoms with van der Waals surface area (Å²) in [6.07, 6.45) is 2.87. The Morgan fingerprint density at radius 3 is 2.88 bits per heavy atom. The van der Waals surface area contributed by atoms with Gasteiger partial charge in [-0.3, -0.25) is 4.18 Å². The average Bonchev–Trinajstić information content (AvgIpc) is 2.25. The second-order valence-corrected chi connectivity index (χ2v) is 5.15. The fourth-order valence-corrected chi connectivity index (χ4v) is 1.85. The summed E-state index contributed by atoms with van der Waals surface area (Å²) in [6, 6.07) is 7.48. The van der Waals surface area contributed by atoms with Crippen molar-refractivity contribution in [1.82, 2.24) is 0 Å². The van der Waals surface area contributed by atoms with Crippen molar-refractivity contribution in [3.63, 3.8) is 0 Å². The zero-order valence-corrected chi connectivity index (χ0v) is 9.66. The molecule has 0 saturated heterocycles. The van der Waals surface area contributed by atoms with E-state index >= 15 is 0 Å². The molecule has 1 aromatic carbocycles. The van der Waals surface area contributed by atoms with Crippen LogP contribution in [0, 0.1) is 0 Å². The molecule has 5 heteroatoms. The molecule has 1 aliphatic heterocycles. The van der Waals surface area contributed by atoms with Crippen LogP contribution in [-0.4, -0.2) is 27.9 Å². The molecule has 4 nitrogen and oxygen atoms in total. The Morgan fingerprint density at radius 2 is 2.12 bits per heavy atom. The molecule has 1 aromatic rings. The van der Waals surface area contributed by atoms with Gasteiger partial charge in [-0.25, -0.2) is 0 Å². The molecule has 0 fully saturated rings. The normalized spacial score (nSPS) is 14.9. The zero-order valence-electron chi connectivity index (χ0n) is 8.84. The number of hydrogen-bond donors (Lipinski definition) is 0. The molecular weight excluding hydrogens is 228 g/mol. The van der Waals surface area contributed by atoms with Gasteiger partial charge in [-0.15, -0.1) is 0 Å². The van der Waals surface area contributed by atoms with Gasteiger partial charge in [0.2, 0.25) is 0 Å². The molecular formula is C11H12O4S. The lowest BCUT2D eigenvalue weighted by molar-refractivity contribution is 0.343. The molecule has 0 bridgehead atoms. The quantitative estimate of drug-likeness (QED) is 0.750. The van der Waals surface area contributed by atoms with Crippen LogP contribution in [0.4, 0.5) is 0 Å². The standard InChI is InChI=1S/C11H12O4S/c1-16(12,13)15-8-9-6-7-14-11-5-3-2-4-10(9)11/h2-6H,7-8H2,1H3. The molecule has 2 rings (SSSR count). The molecule has 0 aliphatic carbocycles. The SMILES string of the molecule is CS(=O)(=O)OCC1=CCOc2ccccc21. The summed E-state index contributed by atoms with van der Waals surface area (Å²) in [5.41, 5.74) is 1.73. The number of fused-ring (bicyclic) bond motifs is 1. The van der Waals surface area contributed by atoms with Crippen LogP contribution in [0.15, 0.2) is 30.3 Å². The van der Waals surface area contributed by atoms with Crippen LogP contribution in [0.2, 0.25) is 0 Å². The highest BCUT2D eigenvalue weighted by atomic mass is 32.2. The van der Waals surface area contributed by atoms with Crippen molar-refractivity contribution in [2.24, 2.45) is 0 Å². The molecule has 0 N–H and O–H groups in total. The van der Waals surface area contributed by atoms with Gasteiger partial charge < -0.3 is 4.74 Å². The van der Waals surface area contributed by atoms with Crippen molar-refractivity contribution >= 4 is 15.7 Å². The van der Waals surface area contributed by atoms with Gasteiger partial charge in [0.1, 0.15) is 12.4 Å². The number of hydrogen-bond acceptors (Lipinski definition) is 4.